The Kier molecular flexibility index (Phi) is 1.36. The van der Waals surface area contributed by atoms with Crippen LogP contribution < -0.4 is 11.5 Å². The normalized spacial score (nSPS) is 16.3. The molecule has 12 heavy (non-hydrogen) atoms. The van der Waals surface area contributed by atoms with Crippen LogP contribution in [0.15, 0.2) is 12.3 Å². The van der Waals surface area contributed by atoms with Gasteiger partial charge in [-0.15, -0.1) is 0 Å². The molecule has 4 heteroatoms. The van der Waals surface area contributed by atoms with Gasteiger partial charge in [-0.25, -0.2) is 0 Å². The fourth-order valence-corrected chi connectivity index (χ4v) is 1.35. The molecule has 1 heterocycles. The van der Waals surface area contributed by atoms with Crippen molar-refractivity contribution in [1.29, 1.82) is 0 Å². The third kappa shape index (κ3) is 1.05. The molecule has 0 bridgehead atoms. The zero-order valence-electron chi connectivity index (χ0n) is 6.66. The van der Waals surface area contributed by atoms with Crippen molar-refractivity contribution in [3.05, 3.63) is 18.0 Å². The number of anilines is 1. The Hall–Kier alpha value is -1.45. The van der Waals surface area contributed by atoms with Gasteiger partial charge >= 0.3 is 0 Å². The highest BCUT2D eigenvalue weighted by atomic mass is 16.1. The molecule has 0 aromatic carbocycles. The number of aromatic nitrogens is 1. The van der Waals surface area contributed by atoms with Gasteiger partial charge in [0.05, 0.1) is 5.69 Å². The number of rotatable bonds is 2. The molecule has 1 aliphatic carbocycles. The Balaban J connectivity index is 2.43. The van der Waals surface area contributed by atoms with Gasteiger partial charge in [0.15, 0.2) is 0 Å². The summed E-state index contributed by atoms with van der Waals surface area (Å²) in [4.78, 5) is 10.9. The van der Waals surface area contributed by atoms with Crippen LogP contribution in [0.1, 0.15) is 29.4 Å². The molecule has 0 atom stereocenters. The average molecular weight is 165 g/mol. The van der Waals surface area contributed by atoms with Crippen molar-refractivity contribution in [2.45, 2.75) is 18.9 Å². The quantitative estimate of drug-likeness (QED) is 0.669. The van der Waals surface area contributed by atoms with Crippen molar-refractivity contribution in [2.75, 3.05) is 5.73 Å². The van der Waals surface area contributed by atoms with Gasteiger partial charge in [0.2, 0.25) is 0 Å². The molecule has 0 unspecified atom stereocenters. The minimum absolute atomic E-state index is 0.404. The number of primary amides is 1. The van der Waals surface area contributed by atoms with Crippen molar-refractivity contribution in [3.8, 4) is 0 Å². The topological polar surface area (TPSA) is 74.0 Å². The maximum atomic E-state index is 10.9. The highest BCUT2D eigenvalue weighted by Gasteiger charge is 2.26. The van der Waals surface area contributed by atoms with E-state index < -0.39 is 5.91 Å². The fraction of sp³-hybridized carbons (Fsp3) is 0.375. The smallest absolute Gasteiger partial charge is 0.265 e. The van der Waals surface area contributed by atoms with Crippen LogP contribution in [-0.2, 0) is 0 Å². The molecule has 0 aliphatic heterocycles. The fourth-order valence-electron chi connectivity index (χ4n) is 1.35. The second-order valence-corrected chi connectivity index (χ2v) is 3.16. The Morgan fingerprint density at radius 2 is 2.25 bits per heavy atom. The number of hydrogen-bond acceptors (Lipinski definition) is 2. The molecule has 1 amide bonds. The van der Waals surface area contributed by atoms with E-state index in [9.17, 15) is 4.79 Å². The molecule has 64 valence electrons. The van der Waals surface area contributed by atoms with Crippen LogP contribution in [0.25, 0.3) is 0 Å². The largest absolute Gasteiger partial charge is 0.397 e. The summed E-state index contributed by atoms with van der Waals surface area (Å²) in [5.74, 6) is -0.404. The van der Waals surface area contributed by atoms with Crippen molar-refractivity contribution in [3.63, 3.8) is 0 Å². The minimum atomic E-state index is -0.404. The predicted octanol–water partition coefficient (Wildman–Crippen LogP) is 0.504. The molecule has 1 aliphatic rings. The van der Waals surface area contributed by atoms with E-state index >= 15 is 0 Å². The van der Waals surface area contributed by atoms with Crippen LogP contribution in [0.5, 0.6) is 0 Å². The Morgan fingerprint density at radius 3 is 2.75 bits per heavy atom. The van der Waals surface area contributed by atoms with Gasteiger partial charge in [0, 0.05) is 12.2 Å². The molecule has 1 fully saturated rings. The highest BCUT2D eigenvalue weighted by molar-refractivity contribution is 5.92. The first kappa shape index (κ1) is 7.21. The Bertz CT molecular complexity index is 325. The first-order chi connectivity index (χ1) is 5.68. The Morgan fingerprint density at radius 1 is 1.58 bits per heavy atom. The van der Waals surface area contributed by atoms with Gasteiger partial charge in [-0.2, -0.15) is 0 Å². The minimum Gasteiger partial charge on any atom is -0.397 e. The molecule has 0 spiro atoms. The number of hydrogen-bond donors (Lipinski definition) is 2. The third-order valence-electron chi connectivity index (χ3n) is 2.06. The first-order valence-electron chi connectivity index (χ1n) is 3.95. The van der Waals surface area contributed by atoms with Crippen molar-refractivity contribution >= 4 is 11.6 Å². The summed E-state index contributed by atoms with van der Waals surface area (Å²) >= 11 is 0. The summed E-state index contributed by atoms with van der Waals surface area (Å²) in [5.41, 5.74) is 11.9. The van der Waals surface area contributed by atoms with Gasteiger partial charge < -0.3 is 16.0 Å². The predicted molar refractivity (Wildman–Crippen MR) is 45.6 cm³/mol. The summed E-state index contributed by atoms with van der Waals surface area (Å²) in [6.07, 6.45) is 4.01. The third-order valence-corrected chi connectivity index (χ3v) is 2.06. The van der Waals surface area contributed by atoms with Gasteiger partial charge in [-0.05, 0) is 18.9 Å². The molecule has 4 N–H and O–H groups in total. The molecular formula is C8H11N3O. The van der Waals surface area contributed by atoms with E-state index in [1.54, 1.807) is 12.3 Å². The van der Waals surface area contributed by atoms with Gasteiger partial charge in [-0.1, -0.05) is 0 Å². The summed E-state index contributed by atoms with van der Waals surface area (Å²) < 4.78 is 1.87. The van der Waals surface area contributed by atoms with E-state index in [1.807, 2.05) is 4.57 Å². The van der Waals surface area contributed by atoms with Crippen LogP contribution in [0.3, 0.4) is 0 Å². The number of nitrogens with zero attached hydrogens (tertiary/aromatic N) is 1. The average Bonchev–Trinajstić information content (AvgIpc) is 2.75. The summed E-state index contributed by atoms with van der Waals surface area (Å²) in [6.45, 7) is 0. The highest BCUT2D eigenvalue weighted by Crippen LogP contribution is 2.36. The number of nitrogen functional groups attached to an aromatic ring is 1. The number of carbonyl (C=O) groups is 1. The van der Waals surface area contributed by atoms with E-state index in [0.29, 0.717) is 17.4 Å². The summed E-state index contributed by atoms with van der Waals surface area (Å²) in [5, 5.41) is 0. The van der Waals surface area contributed by atoms with Crippen molar-refractivity contribution in [1.82, 2.24) is 4.57 Å². The second-order valence-electron chi connectivity index (χ2n) is 3.16. The molecule has 0 saturated heterocycles. The van der Waals surface area contributed by atoms with Crippen molar-refractivity contribution in [2.24, 2.45) is 5.73 Å². The summed E-state index contributed by atoms with van der Waals surface area (Å²) in [7, 11) is 0. The molecule has 1 saturated carbocycles. The monoisotopic (exact) mass is 165 g/mol. The van der Waals surface area contributed by atoms with Crippen LogP contribution in [-0.4, -0.2) is 10.5 Å². The first-order valence-corrected chi connectivity index (χ1v) is 3.95. The van der Waals surface area contributed by atoms with Gasteiger partial charge in [0.1, 0.15) is 5.69 Å². The second kappa shape index (κ2) is 2.27. The number of nitrogens with two attached hydrogens (primary N) is 2. The molecule has 1 aromatic rings. The lowest BCUT2D eigenvalue weighted by molar-refractivity contribution is 0.0991. The van der Waals surface area contributed by atoms with Crippen molar-refractivity contribution < 1.29 is 4.79 Å². The van der Waals surface area contributed by atoms with Crippen LogP contribution in [0, 0.1) is 0 Å². The Labute approximate surface area is 70.1 Å². The molecule has 1 aromatic heterocycles. The van der Waals surface area contributed by atoms with E-state index in [2.05, 4.69) is 0 Å². The zero-order valence-corrected chi connectivity index (χ0v) is 6.66. The lowest BCUT2D eigenvalue weighted by atomic mass is 10.4. The summed E-state index contributed by atoms with van der Waals surface area (Å²) in [6, 6.07) is 2.07. The van der Waals surface area contributed by atoms with Gasteiger partial charge in [0.25, 0.3) is 5.91 Å². The zero-order chi connectivity index (χ0) is 8.72. The van der Waals surface area contributed by atoms with Crippen LogP contribution in [0.2, 0.25) is 0 Å². The van der Waals surface area contributed by atoms with E-state index in [1.165, 1.54) is 0 Å². The number of carbonyl (C=O) groups excluding carboxylic acids is 1. The van der Waals surface area contributed by atoms with E-state index in [4.69, 9.17) is 11.5 Å². The SMILES string of the molecule is NC(=O)c1cc(N)cn1C1CC1. The lowest BCUT2D eigenvalue weighted by Gasteiger charge is -2.02. The van der Waals surface area contributed by atoms with E-state index in [-0.39, 0.29) is 0 Å². The maximum Gasteiger partial charge on any atom is 0.265 e. The van der Waals surface area contributed by atoms with Crippen LogP contribution in [0.4, 0.5) is 5.69 Å². The van der Waals surface area contributed by atoms with Crippen LogP contribution >= 0.6 is 0 Å². The van der Waals surface area contributed by atoms with Gasteiger partial charge in [-0.3, -0.25) is 4.79 Å². The molecule has 0 radical (unpaired) electrons. The lowest BCUT2D eigenvalue weighted by Crippen LogP contribution is -2.15. The molecule has 2 rings (SSSR count). The standard InChI is InChI=1S/C8H11N3O/c9-5-3-7(8(10)12)11(4-5)6-1-2-6/h3-4,6H,1-2,9H2,(H2,10,12). The van der Waals surface area contributed by atoms with E-state index in [0.717, 1.165) is 12.8 Å². The number of amides is 1. The maximum absolute atomic E-state index is 10.9. The molecule has 4 nitrogen and oxygen atoms in total. The molecular weight excluding hydrogens is 154 g/mol.